The zero-order chi connectivity index (χ0) is 35.0. The van der Waals surface area contributed by atoms with Crippen molar-refractivity contribution in [3.8, 4) is 39.1 Å². The number of halogens is 2. The molecule has 9 rings (SSSR count). The first-order chi connectivity index (χ1) is 25.6. The smallest absolute Gasteiger partial charge is 0.0618 e. The average Bonchev–Trinajstić information content (AvgIpc) is 3.54. The molecule has 0 unspecified atom stereocenters. The minimum absolute atomic E-state index is 0.676. The van der Waals surface area contributed by atoms with Crippen molar-refractivity contribution in [1.82, 2.24) is 4.57 Å². The van der Waals surface area contributed by atoms with Crippen molar-refractivity contribution in [1.29, 1.82) is 0 Å². The fraction of sp³-hybridized carbons (Fsp3) is 0. The molecule has 1 aromatic heterocycles. The van der Waals surface area contributed by atoms with Gasteiger partial charge in [0.2, 0.25) is 0 Å². The number of benzene rings is 8. The van der Waals surface area contributed by atoms with Gasteiger partial charge in [0.05, 0.1) is 16.7 Å². The lowest BCUT2D eigenvalue weighted by molar-refractivity contribution is 1.18. The first-order valence-corrected chi connectivity index (χ1v) is 18.5. The summed E-state index contributed by atoms with van der Waals surface area (Å²) in [5.74, 6) is 0. The molecule has 0 bridgehead atoms. The number of anilines is 3. The standard InChI is InChI=1S/C48H32BrClN2/c49-36-29-35(41-24-14-28-46-47(41)44-23-10-11-27-45(44)52(46)38-20-8-3-9-21-38)30-40(31-36)51(39-22-12-19-37(50)32-39)48-42(33-15-4-1-5-16-33)25-13-26-43(48)34-17-6-2-7-18-34/h1-32H. The fourth-order valence-electron chi connectivity index (χ4n) is 7.48. The number of hydrogen-bond donors (Lipinski definition) is 0. The summed E-state index contributed by atoms with van der Waals surface area (Å²) in [6.07, 6.45) is 0. The second kappa shape index (κ2) is 13.7. The highest BCUT2D eigenvalue weighted by Gasteiger charge is 2.24. The minimum Gasteiger partial charge on any atom is -0.309 e. The van der Waals surface area contributed by atoms with E-state index in [9.17, 15) is 0 Å². The molecule has 0 aliphatic carbocycles. The summed E-state index contributed by atoms with van der Waals surface area (Å²) in [6.45, 7) is 0. The maximum absolute atomic E-state index is 6.77. The second-order valence-corrected chi connectivity index (χ2v) is 14.2. The predicted molar refractivity (Wildman–Crippen MR) is 224 cm³/mol. The van der Waals surface area contributed by atoms with E-state index in [2.05, 4.69) is 201 Å². The monoisotopic (exact) mass is 750 g/mol. The third-order valence-corrected chi connectivity index (χ3v) is 10.4. The quantitative estimate of drug-likeness (QED) is 0.157. The van der Waals surface area contributed by atoms with Crippen molar-refractivity contribution in [2.45, 2.75) is 0 Å². The number of para-hydroxylation sites is 3. The van der Waals surface area contributed by atoms with Crippen LogP contribution in [-0.4, -0.2) is 4.57 Å². The molecule has 9 aromatic rings. The Balaban J connectivity index is 1.33. The highest BCUT2D eigenvalue weighted by Crippen LogP contribution is 2.49. The molecule has 0 N–H and O–H groups in total. The third-order valence-electron chi connectivity index (χ3n) is 9.66. The topological polar surface area (TPSA) is 8.17 Å². The van der Waals surface area contributed by atoms with Crippen LogP contribution in [0.3, 0.4) is 0 Å². The van der Waals surface area contributed by atoms with Gasteiger partial charge < -0.3 is 9.47 Å². The molecule has 248 valence electrons. The zero-order valence-corrected chi connectivity index (χ0v) is 30.5. The zero-order valence-electron chi connectivity index (χ0n) is 28.1. The van der Waals surface area contributed by atoms with Crippen LogP contribution in [0.4, 0.5) is 17.1 Å². The molecule has 0 aliphatic heterocycles. The molecule has 4 heteroatoms. The lowest BCUT2D eigenvalue weighted by atomic mass is 9.93. The molecule has 8 aromatic carbocycles. The Hall–Kier alpha value is -5.87. The second-order valence-electron chi connectivity index (χ2n) is 12.8. The van der Waals surface area contributed by atoms with Crippen LogP contribution in [-0.2, 0) is 0 Å². The van der Waals surface area contributed by atoms with E-state index in [1.807, 2.05) is 18.2 Å². The van der Waals surface area contributed by atoms with Gasteiger partial charge >= 0.3 is 0 Å². The summed E-state index contributed by atoms with van der Waals surface area (Å²) in [5.41, 5.74) is 13.3. The number of fused-ring (bicyclic) bond motifs is 3. The fourth-order valence-corrected chi connectivity index (χ4v) is 8.15. The van der Waals surface area contributed by atoms with Crippen LogP contribution in [0.15, 0.2) is 199 Å². The Morgan fingerprint density at radius 1 is 0.442 bits per heavy atom. The lowest BCUT2D eigenvalue weighted by Gasteiger charge is -2.31. The largest absolute Gasteiger partial charge is 0.309 e. The van der Waals surface area contributed by atoms with Crippen molar-refractivity contribution in [3.63, 3.8) is 0 Å². The average molecular weight is 752 g/mol. The molecule has 52 heavy (non-hydrogen) atoms. The van der Waals surface area contributed by atoms with Gasteiger partial charge in [-0.3, -0.25) is 0 Å². The van der Waals surface area contributed by atoms with E-state index in [4.69, 9.17) is 11.6 Å². The van der Waals surface area contributed by atoms with Gasteiger partial charge in [0.25, 0.3) is 0 Å². The van der Waals surface area contributed by atoms with Crippen molar-refractivity contribution in [3.05, 3.63) is 204 Å². The van der Waals surface area contributed by atoms with Gasteiger partial charge in [-0.25, -0.2) is 0 Å². The summed E-state index contributed by atoms with van der Waals surface area (Å²) >= 11 is 10.7. The number of rotatable bonds is 7. The molecule has 0 fully saturated rings. The Labute approximate surface area is 316 Å². The van der Waals surface area contributed by atoms with E-state index >= 15 is 0 Å². The molecule has 0 radical (unpaired) electrons. The molecular weight excluding hydrogens is 720 g/mol. The minimum atomic E-state index is 0.676. The maximum atomic E-state index is 6.77. The summed E-state index contributed by atoms with van der Waals surface area (Å²) < 4.78 is 3.35. The highest BCUT2D eigenvalue weighted by molar-refractivity contribution is 9.10. The van der Waals surface area contributed by atoms with Gasteiger partial charge in [0, 0.05) is 48.5 Å². The van der Waals surface area contributed by atoms with E-state index in [1.165, 1.54) is 21.8 Å². The Kier molecular flexibility index (Phi) is 8.44. The van der Waals surface area contributed by atoms with Crippen LogP contribution in [0.5, 0.6) is 0 Å². The van der Waals surface area contributed by atoms with Crippen molar-refractivity contribution >= 4 is 66.4 Å². The molecule has 0 atom stereocenters. The van der Waals surface area contributed by atoms with Crippen LogP contribution in [0.1, 0.15) is 0 Å². The predicted octanol–water partition coefficient (Wildman–Crippen LogP) is 14.7. The van der Waals surface area contributed by atoms with Crippen molar-refractivity contribution < 1.29 is 0 Å². The van der Waals surface area contributed by atoms with Crippen LogP contribution in [0, 0.1) is 0 Å². The van der Waals surface area contributed by atoms with E-state index in [1.54, 1.807) is 0 Å². The van der Waals surface area contributed by atoms with Gasteiger partial charge in [0.1, 0.15) is 0 Å². The lowest BCUT2D eigenvalue weighted by Crippen LogP contribution is -2.13. The number of hydrogen-bond acceptors (Lipinski definition) is 1. The van der Waals surface area contributed by atoms with E-state index in [-0.39, 0.29) is 0 Å². The van der Waals surface area contributed by atoms with E-state index in [0.717, 1.165) is 60.6 Å². The summed E-state index contributed by atoms with van der Waals surface area (Å²) in [4.78, 5) is 2.36. The van der Waals surface area contributed by atoms with Gasteiger partial charge in [-0.2, -0.15) is 0 Å². The third kappa shape index (κ3) is 5.78. The van der Waals surface area contributed by atoms with Crippen molar-refractivity contribution in [2.24, 2.45) is 0 Å². The van der Waals surface area contributed by atoms with Gasteiger partial charge in [-0.05, 0) is 82.9 Å². The Bertz CT molecular complexity index is 2650. The molecule has 0 saturated carbocycles. The van der Waals surface area contributed by atoms with Crippen LogP contribution in [0.2, 0.25) is 5.02 Å². The molecule has 2 nitrogen and oxygen atoms in total. The van der Waals surface area contributed by atoms with Gasteiger partial charge in [-0.15, -0.1) is 0 Å². The van der Waals surface area contributed by atoms with Gasteiger partial charge in [-0.1, -0.05) is 161 Å². The summed E-state index contributed by atoms with van der Waals surface area (Å²) in [6, 6.07) is 68.7. The van der Waals surface area contributed by atoms with Crippen LogP contribution in [0.25, 0.3) is 60.9 Å². The molecule has 0 amide bonds. The molecular formula is C48H32BrClN2. The molecule has 0 saturated heterocycles. The highest BCUT2D eigenvalue weighted by atomic mass is 79.9. The van der Waals surface area contributed by atoms with Crippen LogP contribution < -0.4 is 4.90 Å². The molecule has 1 heterocycles. The Morgan fingerprint density at radius 3 is 1.71 bits per heavy atom. The molecule has 0 spiro atoms. The number of aromatic nitrogens is 1. The SMILES string of the molecule is Clc1cccc(N(c2cc(Br)cc(-c3cccc4c3c3ccccc3n4-c3ccccc3)c2)c2c(-c3ccccc3)cccc2-c2ccccc2)c1. The summed E-state index contributed by atoms with van der Waals surface area (Å²) in [5, 5.41) is 3.11. The van der Waals surface area contributed by atoms with E-state index < -0.39 is 0 Å². The number of nitrogens with zero attached hydrogens (tertiary/aromatic N) is 2. The van der Waals surface area contributed by atoms with Crippen LogP contribution >= 0.6 is 27.5 Å². The summed E-state index contributed by atoms with van der Waals surface area (Å²) in [7, 11) is 0. The van der Waals surface area contributed by atoms with E-state index in [0.29, 0.717) is 5.02 Å². The first kappa shape index (κ1) is 32.1. The van der Waals surface area contributed by atoms with Crippen molar-refractivity contribution in [2.75, 3.05) is 4.90 Å². The maximum Gasteiger partial charge on any atom is 0.0618 e. The van der Waals surface area contributed by atoms with Gasteiger partial charge in [0.15, 0.2) is 0 Å². The first-order valence-electron chi connectivity index (χ1n) is 17.3. The Morgan fingerprint density at radius 2 is 1.02 bits per heavy atom. The molecule has 0 aliphatic rings. The normalized spacial score (nSPS) is 11.3.